The Morgan fingerprint density at radius 3 is 1.90 bits per heavy atom. The van der Waals surface area contributed by atoms with Crippen LogP contribution in [0.15, 0.2) is 30.3 Å². The molecule has 0 aliphatic heterocycles. The standard InChI is InChI=1S/C20H19F3O6/c1-26-15-8-11(7-13(18(15)25)20(21,22)23)5-6-14(24)12-9-16(27-2)19(29-4)17(10-12)28-3/h5-10,25H,1-4H3. The molecule has 156 valence electrons. The first-order chi connectivity index (χ1) is 13.7. The molecule has 6 nitrogen and oxygen atoms in total. The largest absolute Gasteiger partial charge is 0.504 e. The highest BCUT2D eigenvalue weighted by Crippen LogP contribution is 2.42. The zero-order valence-corrected chi connectivity index (χ0v) is 16.1. The summed E-state index contributed by atoms with van der Waals surface area (Å²) in [6, 6.07) is 4.75. The smallest absolute Gasteiger partial charge is 0.420 e. The maximum Gasteiger partial charge on any atom is 0.420 e. The van der Waals surface area contributed by atoms with Gasteiger partial charge in [-0.15, -0.1) is 0 Å². The minimum atomic E-state index is -4.79. The van der Waals surface area contributed by atoms with Crippen LogP contribution in [0.25, 0.3) is 6.08 Å². The first-order valence-corrected chi connectivity index (χ1v) is 8.16. The Bertz CT molecular complexity index is 910. The van der Waals surface area contributed by atoms with Crippen LogP contribution in [0, 0.1) is 0 Å². The minimum Gasteiger partial charge on any atom is -0.504 e. The molecular weight excluding hydrogens is 393 g/mol. The van der Waals surface area contributed by atoms with Gasteiger partial charge in [-0.3, -0.25) is 4.79 Å². The molecule has 9 heteroatoms. The first-order valence-electron chi connectivity index (χ1n) is 8.16. The predicted octanol–water partition coefficient (Wildman–Crippen LogP) is 4.34. The first kappa shape index (κ1) is 21.9. The van der Waals surface area contributed by atoms with Crippen LogP contribution in [0.5, 0.6) is 28.7 Å². The quantitative estimate of drug-likeness (QED) is 0.539. The maximum atomic E-state index is 13.1. The fourth-order valence-electron chi connectivity index (χ4n) is 2.59. The summed E-state index contributed by atoms with van der Waals surface area (Å²) >= 11 is 0. The van der Waals surface area contributed by atoms with E-state index >= 15 is 0 Å². The fraction of sp³-hybridized carbons (Fsp3) is 0.250. The minimum absolute atomic E-state index is 0.0211. The molecule has 0 amide bonds. The Labute approximate surface area is 165 Å². The van der Waals surface area contributed by atoms with E-state index in [4.69, 9.17) is 18.9 Å². The van der Waals surface area contributed by atoms with Gasteiger partial charge in [0.25, 0.3) is 0 Å². The van der Waals surface area contributed by atoms with Crippen molar-refractivity contribution < 1.29 is 42.0 Å². The van der Waals surface area contributed by atoms with E-state index in [-0.39, 0.29) is 28.4 Å². The third-order valence-corrected chi connectivity index (χ3v) is 4.00. The Kier molecular flexibility index (Phi) is 6.63. The molecule has 2 aromatic carbocycles. The molecule has 0 spiro atoms. The van der Waals surface area contributed by atoms with Crippen molar-refractivity contribution in [3.05, 3.63) is 47.0 Å². The van der Waals surface area contributed by atoms with E-state index in [9.17, 15) is 23.1 Å². The number of halogens is 3. The van der Waals surface area contributed by atoms with E-state index < -0.39 is 23.3 Å². The number of hydrogen-bond acceptors (Lipinski definition) is 6. The molecule has 2 rings (SSSR count). The average molecular weight is 412 g/mol. The Morgan fingerprint density at radius 1 is 0.897 bits per heavy atom. The van der Waals surface area contributed by atoms with Gasteiger partial charge in [0, 0.05) is 5.56 Å². The van der Waals surface area contributed by atoms with Crippen LogP contribution in [0.4, 0.5) is 13.2 Å². The number of carbonyl (C=O) groups excluding carboxylic acids is 1. The molecule has 0 saturated carbocycles. The van der Waals surface area contributed by atoms with Crippen molar-refractivity contribution in [1.29, 1.82) is 0 Å². The Morgan fingerprint density at radius 2 is 1.45 bits per heavy atom. The number of hydrogen-bond donors (Lipinski definition) is 1. The van der Waals surface area contributed by atoms with E-state index in [1.165, 1.54) is 45.6 Å². The molecule has 0 aliphatic rings. The van der Waals surface area contributed by atoms with Crippen molar-refractivity contribution in [3.63, 3.8) is 0 Å². The summed E-state index contributed by atoms with van der Waals surface area (Å²) in [5, 5.41) is 9.69. The van der Waals surface area contributed by atoms with Crippen LogP contribution >= 0.6 is 0 Å². The van der Waals surface area contributed by atoms with Gasteiger partial charge in [-0.1, -0.05) is 6.08 Å². The highest BCUT2D eigenvalue weighted by molar-refractivity contribution is 6.07. The van der Waals surface area contributed by atoms with E-state index in [2.05, 4.69) is 0 Å². The van der Waals surface area contributed by atoms with Gasteiger partial charge in [0.05, 0.1) is 28.4 Å². The van der Waals surface area contributed by atoms with Crippen LogP contribution < -0.4 is 18.9 Å². The number of aromatic hydroxyl groups is 1. The number of phenols is 1. The highest BCUT2D eigenvalue weighted by Gasteiger charge is 2.35. The normalized spacial score (nSPS) is 11.4. The van der Waals surface area contributed by atoms with Gasteiger partial charge in [0.2, 0.25) is 5.75 Å². The number of phenolic OH excluding ortho intramolecular Hbond substituents is 1. The predicted molar refractivity (Wildman–Crippen MR) is 99.1 cm³/mol. The topological polar surface area (TPSA) is 74.2 Å². The number of alkyl halides is 3. The van der Waals surface area contributed by atoms with Crippen molar-refractivity contribution in [2.45, 2.75) is 6.18 Å². The summed E-state index contributed by atoms with van der Waals surface area (Å²) in [5.41, 5.74) is -1.07. The third kappa shape index (κ3) is 4.74. The van der Waals surface area contributed by atoms with E-state index in [0.717, 1.165) is 19.3 Å². The highest BCUT2D eigenvalue weighted by atomic mass is 19.4. The molecule has 0 radical (unpaired) electrons. The molecule has 0 aliphatic carbocycles. The molecule has 0 fully saturated rings. The summed E-state index contributed by atoms with van der Waals surface area (Å²) in [6.45, 7) is 0. The lowest BCUT2D eigenvalue weighted by Gasteiger charge is -2.13. The fourth-order valence-corrected chi connectivity index (χ4v) is 2.59. The zero-order valence-electron chi connectivity index (χ0n) is 16.1. The van der Waals surface area contributed by atoms with Crippen LogP contribution in [0.2, 0.25) is 0 Å². The van der Waals surface area contributed by atoms with Crippen molar-refractivity contribution in [2.24, 2.45) is 0 Å². The van der Waals surface area contributed by atoms with E-state index in [1.54, 1.807) is 0 Å². The summed E-state index contributed by atoms with van der Waals surface area (Å²) < 4.78 is 59.6. The lowest BCUT2D eigenvalue weighted by atomic mass is 10.0. The van der Waals surface area contributed by atoms with Gasteiger partial charge in [-0.25, -0.2) is 0 Å². The van der Waals surface area contributed by atoms with Crippen LogP contribution in [-0.2, 0) is 6.18 Å². The molecule has 0 aromatic heterocycles. The number of carbonyl (C=O) groups is 1. The molecule has 1 N–H and O–H groups in total. The van der Waals surface area contributed by atoms with Crippen molar-refractivity contribution >= 4 is 11.9 Å². The summed E-state index contributed by atoms with van der Waals surface area (Å²) in [5.74, 6) is -1.07. The second-order valence-electron chi connectivity index (χ2n) is 5.73. The molecule has 0 atom stereocenters. The molecular formula is C20H19F3O6. The number of rotatable bonds is 7. The number of allylic oxidation sites excluding steroid dienone is 1. The van der Waals surface area contributed by atoms with Crippen molar-refractivity contribution in [1.82, 2.24) is 0 Å². The van der Waals surface area contributed by atoms with Crippen LogP contribution in [0.1, 0.15) is 21.5 Å². The van der Waals surface area contributed by atoms with E-state index in [0.29, 0.717) is 5.75 Å². The van der Waals surface area contributed by atoms with Gasteiger partial charge >= 0.3 is 6.18 Å². The van der Waals surface area contributed by atoms with Crippen molar-refractivity contribution in [3.8, 4) is 28.7 Å². The Hall–Kier alpha value is -3.36. The molecule has 0 unspecified atom stereocenters. The van der Waals surface area contributed by atoms with Crippen LogP contribution in [-0.4, -0.2) is 39.3 Å². The summed E-state index contributed by atoms with van der Waals surface area (Å²) in [4.78, 5) is 12.5. The van der Waals surface area contributed by atoms with Gasteiger partial charge in [-0.05, 0) is 35.9 Å². The van der Waals surface area contributed by atoms with Gasteiger partial charge in [-0.2, -0.15) is 13.2 Å². The maximum absolute atomic E-state index is 13.1. The lowest BCUT2D eigenvalue weighted by Crippen LogP contribution is -2.06. The molecule has 0 saturated heterocycles. The average Bonchev–Trinajstić information content (AvgIpc) is 2.70. The molecule has 2 aromatic rings. The van der Waals surface area contributed by atoms with Crippen molar-refractivity contribution in [2.75, 3.05) is 28.4 Å². The monoisotopic (exact) mass is 412 g/mol. The number of ketones is 1. The third-order valence-electron chi connectivity index (χ3n) is 4.00. The number of methoxy groups -OCH3 is 4. The number of ether oxygens (including phenoxy) is 4. The van der Waals surface area contributed by atoms with Gasteiger partial charge in [0.1, 0.15) is 5.56 Å². The SMILES string of the molecule is COc1cc(C=CC(=O)c2cc(OC)c(OC)c(OC)c2)cc(C(F)(F)F)c1O. The summed E-state index contributed by atoms with van der Waals surface area (Å²) in [7, 11) is 5.33. The second kappa shape index (κ2) is 8.76. The van der Waals surface area contributed by atoms with Gasteiger partial charge < -0.3 is 24.1 Å². The van der Waals surface area contributed by atoms with Crippen LogP contribution in [0.3, 0.4) is 0 Å². The molecule has 0 bridgehead atoms. The Balaban J connectivity index is 2.43. The summed E-state index contributed by atoms with van der Waals surface area (Å²) in [6.07, 6.45) is -2.52. The lowest BCUT2D eigenvalue weighted by molar-refractivity contribution is -0.138. The van der Waals surface area contributed by atoms with E-state index in [1.807, 2.05) is 0 Å². The second-order valence-corrected chi connectivity index (χ2v) is 5.73. The molecule has 29 heavy (non-hydrogen) atoms. The zero-order chi connectivity index (χ0) is 21.8. The molecule has 0 heterocycles. The van der Waals surface area contributed by atoms with Gasteiger partial charge in [0.15, 0.2) is 28.8 Å². The number of benzene rings is 2.